The van der Waals surface area contributed by atoms with Gasteiger partial charge in [0, 0.05) is 19.1 Å². The van der Waals surface area contributed by atoms with Gasteiger partial charge in [0.05, 0.1) is 4.90 Å². The summed E-state index contributed by atoms with van der Waals surface area (Å²) in [5.74, 6) is 1.01. The van der Waals surface area contributed by atoms with Gasteiger partial charge in [-0.25, -0.2) is 13.1 Å². The van der Waals surface area contributed by atoms with Crippen molar-refractivity contribution in [3.8, 4) is 0 Å². The van der Waals surface area contributed by atoms with Crippen molar-refractivity contribution in [3.05, 3.63) is 54.0 Å². The molecule has 1 aliphatic heterocycles. The number of nitrogens with zero attached hydrogens (tertiary/aromatic N) is 1. The van der Waals surface area contributed by atoms with E-state index in [4.69, 9.17) is 4.42 Å². The molecule has 1 unspecified atom stereocenters. The van der Waals surface area contributed by atoms with Crippen LogP contribution < -0.4 is 4.72 Å². The van der Waals surface area contributed by atoms with E-state index >= 15 is 0 Å². The lowest BCUT2D eigenvalue weighted by atomic mass is 9.59. The van der Waals surface area contributed by atoms with Crippen LogP contribution in [-0.4, -0.2) is 38.4 Å². The summed E-state index contributed by atoms with van der Waals surface area (Å²) in [5, 5.41) is 0. The van der Waals surface area contributed by atoms with E-state index in [1.165, 1.54) is 0 Å². The Hall–Kier alpha value is -2.12. The van der Waals surface area contributed by atoms with Gasteiger partial charge in [0.15, 0.2) is 5.76 Å². The van der Waals surface area contributed by atoms with Gasteiger partial charge in [-0.05, 0) is 62.3 Å². The van der Waals surface area contributed by atoms with Gasteiger partial charge in [-0.1, -0.05) is 18.2 Å². The Morgan fingerprint density at radius 1 is 1.11 bits per heavy atom. The molecule has 144 valence electrons. The number of carbonyl (C=O) groups excluding carboxylic acids is 1. The normalized spacial score (nSPS) is 21.8. The van der Waals surface area contributed by atoms with E-state index in [-0.39, 0.29) is 17.4 Å². The van der Waals surface area contributed by atoms with E-state index in [1.54, 1.807) is 42.5 Å². The Kier molecular flexibility index (Phi) is 4.60. The number of aryl methyl sites for hydroxylation is 1. The third kappa shape index (κ3) is 3.41. The monoisotopic (exact) mass is 388 g/mol. The Morgan fingerprint density at radius 2 is 1.81 bits per heavy atom. The average molecular weight is 388 g/mol. The number of carbonyl (C=O) groups is 1. The lowest BCUT2D eigenvalue weighted by molar-refractivity contribution is 0.00400. The largest absolute Gasteiger partial charge is 0.456 e. The maximum atomic E-state index is 12.6. The van der Waals surface area contributed by atoms with Crippen LogP contribution in [-0.2, 0) is 10.0 Å². The van der Waals surface area contributed by atoms with Gasteiger partial charge >= 0.3 is 0 Å². The third-order valence-electron chi connectivity index (χ3n) is 6.02. The second kappa shape index (κ2) is 6.80. The fourth-order valence-corrected chi connectivity index (χ4v) is 5.59. The zero-order valence-corrected chi connectivity index (χ0v) is 16.2. The molecule has 1 saturated heterocycles. The molecular weight excluding hydrogens is 364 g/mol. The third-order valence-corrected chi connectivity index (χ3v) is 7.51. The fourth-order valence-electron chi connectivity index (χ4n) is 4.19. The smallest absolute Gasteiger partial charge is 0.289 e. The molecule has 1 amide bonds. The highest BCUT2D eigenvalue weighted by Gasteiger charge is 2.50. The predicted octanol–water partition coefficient (Wildman–Crippen LogP) is 2.95. The summed E-state index contributed by atoms with van der Waals surface area (Å²) in [6, 6.07) is 11.9. The summed E-state index contributed by atoms with van der Waals surface area (Å²) in [6.45, 7) is 3.07. The molecule has 7 heteroatoms. The van der Waals surface area contributed by atoms with Crippen molar-refractivity contribution >= 4 is 15.9 Å². The van der Waals surface area contributed by atoms with Crippen LogP contribution in [0.25, 0.3) is 0 Å². The molecule has 1 spiro atoms. The first-order valence-electron chi connectivity index (χ1n) is 9.33. The van der Waals surface area contributed by atoms with Crippen LogP contribution in [0.3, 0.4) is 0 Å². The summed E-state index contributed by atoms with van der Waals surface area (Å²) in [7, 11) is -3.51. The number of rotatable bonds is 4. The second-order valence-electron chi connectivity index (χ2n) is 7.59. The molecule has 1 saturated carbocycles. The van der Waals surface area contributed by atoms with E-state index < -0.39 is 10.0 Å². The van der Waals surface area contributed by atoms with Crippen LogP contribution in [0.15, 0.2) is 51.8 Å². The summed E-state index contributed by atoms with van der Waals surface area (Å²) >= 11 is 0. The summed E-state index contributed by atoms with van der Waals surface area (Å²) in [6.07, 6.45) is 3.45. The predicted molar refractivity (Wildman–Crippen MR) is 101 cm³/mol. The molecule has 6 nitrogen and oxygen atoms in total. The molecule has 2 aliphatic rings. The van der Waals surface area contributed by atoms with Crippen LogP contribution in [0.1, 0.15) is 42.0 Å². The van der Waals surface area contributed by atoms with Crippen molar-refractivity contribution in [2.24, 2.45) is 5.41 Å². The molecule has 4 rings (SSSR count). The summed E-state index contributed by atoms with van der Waals surface area (Å²) in [5.41, 5.74) is -0.0439. The SMILES string of the molecule is Cc1ccc(C(=O)N2CCC3(CCC3NS(=O)(=O)c3ccccc3)CC2)o1. The first-order chi connectivity index (χ1) is 12.9. The Bertz CT molecular complexity index is 928. The molecule has 2 heterocycles. The maximum Gasteiger partial charge on any atom is 0.289 e. The van der Waals surface area contributed by atoms with E-state index in [0.717, 1.165) is 31.4 Å². The number of benzene rings is 1. The van der Waals surface area contributed by atoms with Crippen molar-refractivity contribution in [1.82, 2.24) is 9.62 Å². The molecule has 1 aromatic carbocycles. The van der Waals surface area contributed by atoms with E-state index in [9.17, 15) is 13.2 Å². The Morgan fingerprint density at radius 3 is 2.37 bits per heavy atom. The topological polar surface area (TPSA) is 79.6 Å². The Labute approximate surface area is 159 Å². The van der Waals surface area contributed by atoms with Gasteiger partial charge in [0.1, 0.15) is 5.76 Å². The van der Waals surface area contributed by atoms with Crippen molar-refractivity contribution in [2.75, 3.05) is 13.1 Å². The zero-order valence-electron chi connectivity index (χ0n) is 15.3. The van der Waals surface area contributed by atoms with Crippen LogP contribution in [0.5, 0.6) is 0 Å². The first kappa shape index (κ1) is 18.3. The Balaban J connectivity index is 1.40. The van der Waals surface area contributed by atoms with E-state index in [1.807, 2.05) is 11.8 Å². The number of piperidine rings is 1. The van der Waals surface area contributed by atoms with Crippen molar-refractivity contribution in [2.45, 2.75) is 43.5 Å². The lowest BCUT2D eigenvalue weighted by Crippen LogP contribution is -2.59. The number of nitrogens with one attached hydrogen (secondary N) is 1. The zero-order chi connectivity index (χ0) is 19.1. The van der Waals surface area contributed by atoms with E-state index in [0.29, 0.717) is 23.7 Å². The molecule has 2 fully saturated rings. The molecule has 0 radical (unpaired) electrons. The van der Waals surface area contributed by atoms with Crippen molar-refractivity contribution in [3.63, 3.8) is 0 Å². The van der Waals surface area contributed by atoms with Gasteiger partial charge in [0.25, 0.3) is 5.91 Å². The van der Waals surface area contributed by atoms with Gasteiger partial charge in [-0.15, -0.1) is 0 Å². The molecule has 1 N–H and O–H groups in total. The standard InChI is InChI=1S/C20H24N2O4S/c1-15-7-8-17(26-15)19(23)22-13-11-20(12-14-22)10-9-18(20)21-27(24,25)16-5-3-2-4-6-16/h2-8,18,21H,9-14H2,1H3. The second-order valence-corrected chi connectivity index (χ2v) is 9.30. The highest BCUT2D eigenvalue weighted by molar-refractivity contribution is 7.89. The summed E-state index contributed by atoms with van der Waals surface area (Å²) in [4.78, 5) is 14.7. The lowest BCUT2D eigenvalue weighted by Gasteiger charge is -2.53. The number of furan rings is 1. The van der Waals surface area contributed by atoms with Gasteiger partial charge in [0.2, 0.25) is 10.0 Å². The fraction of sp³-hybridized carbons (Fsp3) is 0.450. The minimum absolute atomic E-state index is 0.0439. The molecule has 2 aromatic rings. The van der Waals surface area contributed by atoms with Crippen LogP contribution in [0.2, 0.25) is 0 Å². The van der Waals surface area contributed by atoms with Gasteiger partial charge in [-0.2, -0.15) is 0 Å². The summed E-state index contributed by atoms with van der Waals surface area (Å²) < 4.78 is 33.6. The number of sulfonamides is 1. The van der Waals surface area contributed by atoms with Crippen molar-refractivity contribution < 1.29 is 17.6 Å². The minimum atomic E-state index is -3.51. The molecule has 1 aromatic heterocycles. The maximum absolute atomic E-state index is 12.6. The van der Waals surface area contributed by atoms with Gasteiger partial charge in [-0.3, -0.25) is 4.79 Å². The first-order valence-corrected chi connectivity index (χ1v) is 10.8. The van der Waals surface area contributed by atoms with Crippen molar-refractivity contribution in [1.29, 1.82) is 0 Å². The highest BCUT2D eigenvalue weighted by Crippen LogP contribution is 2.49. The molecule has 0 bridgehead atoms. The number of likely N-dealkylation sites (tertiary alicyclic amines) is 1. The molecular formula is C20H24N2O4S. The average Bonchev–Trinajstić information content (AvgIpc) is 3.12. The highest BCUT2D eigenvalue weighted by atomic mass is 32.2. The van der Waals surface area contributed by atoms with Crippen LogP contribution >= 0.6 is 0 Å². The molecule has 1 aliphatic carbocycles. The van der Waals surface area contributed by atoms with Gasteiger partial charge < -0.3 is 9.32 Å². The quantitative estimate of drug-likeness (QED) is 0.873. The van der Waals surface area contributed by atoms with Crippen LogP contribution in [0, 0.1) is 12.3 Å². The number of hydrogen-bond donors (Lipinski definition) is 1. The minimum Gasteiger partial charge on any atom is -0.456 e. The molecule has 27 heavy (non-hydrogen) atoms. The number of hydrogen-bond acceptors (Lipinski definition) is 4. The molecule has 1 atom stereocenters. The van der Waals surface area contributed by atoms with Crippen LogP contribution in [0.4, 0.5) is 0 Å². The van der Waals surface area contributed by atoms with E-state index in [2.05, 4.69) is 4.72 Å². The number of amides is 1.